The van der Waals surface area contributed by atoms with Gasteiger partial charge < -0.3 is 5.32 Å². The van der Waals surface area contributed by atoms with Gasteiger partial charge >= 0.3 is 0 Å². The van der Waals surface area contributed by atoms with Crippen LogP contribution in [0.2, 0.25) is 0 Å². The number of nitrogens with zero attached hydrogens (tertiary/aromatic N) is 1. The van der Waals surface area contributed by atoms with Gasteiger partial charge in [0.1, 0.15) is 0 Å². The van der Waals surface area contributed by atoms with Gasteiger partial charge in [-0.1, -0.05) is 6.08 Å². The summed E-state index contributed by atoms with van der Waals surface area (Å²) in [6, 6.07) is 1.30. The molecule has 0 bridgehead atoms. The molecule has 0 saturated carbocycles. The first-order valence-corrected chi connectivity index (χ1v) is 4.82. The molecule has 0 aromatic rings. The van der Waals surface area contributed by atoms with Crippen molar-refractivity contribution < 1.29 is 0 Å². The van der Waals surface area contributed by atoms with Gasteiger partial charge in [-0.2, -0.15) is 0 Å². The van der Waals surface area contributed by atoms with Gasteiger partial charge in [0, 0.05) is 31.7 Å². The second kappa shape index (κ2) is 4.63. The molecule has 0 aromatic heterocycles. The highest BCUT2D eigenvalue weighted by Crippen LogP contribution is 2.07. The Morgan fingerprint density at radius 1 is 1.75 bits per heavy atom. The zero-order chi connectivity index (χ0) is 8.97. The normalized spacial score (nSPS) is 28.3. The minimum Gasteiger partial charge on any atom is -0.312 e. The molecule has 12 heavy (non-hydrogen) atoms. The van der Waals surface area contributed by atoms with Crippen LogP contribution in [0.3, 0.4) is 0 Å². The summed E-state index contributed by atoms with van der Waals surface area (Å²) in [6.07, 6.45) is 3.12. The van der Waals surface area contributed by atoms with Crippen molar-refractivity contribution in [2.45, 2.75) is 32.4 Å². The van der Waals surface area contributed by atoms with Crippen molar-refractivity contribution in [3.8, 4) is 0 Å². The molecule has 1 aliphatic rings. The Bertz CT molecular complexity index is 145. The van der Waals surface area contributed by atoms with E-state index < -0.39 is 0 Å². The summed E-state index contributed by atoms with van der Waals surface area (Å²) in [5.74, 6) is 0. The molecule has 0 amide bonds. The number of piperazine rings is 1. The predicted molar refractivity (Wildman–Crippen MR) is 53.3 cm³/mol. The lowest BCUT2D eigenvalue weighted by atomic mass is 10.1. The third-order valence-electron chi connectivity index (χ3n) is 2.53. The van der Waals surface area contributed by atoms with E-state index in [1.54, 1.807) is 0 Å². The van der Waals surface area contributed by atoms with E-state index in [-0.39, 0.29) is 0 Å². The summed E-state index contributed by atoms with van der Waals surface area (Å²) in [5, 5.41) is 3.44. The lowest BCUT2D eigenvalue weighted by Crippen LogP contribution is -2.52. The van der Waals surface area contributed by atoms with Crippen molar-refractivity contribution in [2.75, 3.05) is 19.6 Å². The van der Waals surface area contributed by atoms with Gasteiger partial charge in [0.05, 0.1) is 0 Å². The highest BCUT2D eigenvalue weighted by Gasteiger charge is 2.18. The van der Waals surface area contributed by atoms with Gasteiger partial charge in [0.25, 0.3) is 0 Å². The van der Waals surface area contributed by atoms with Crippen LogP contribution in [0.15, 0.2) is 12.7 Å². The first-order valence-electron chi connectivity index (χ1n) is 4.82. The number of rotatable bonds is 3. The summed E-state index contributed by atoms with van der Waals surface area (Å²) in [6.45, 7) is 11.8. The van der Waals surface area contributed by atoms with Gasteiger partial charge in [-0.3, -0.25) is 4.90 Å². The SMILES string of the molecule is C=CCC(C)N1CCNC(C)C1. The largest absolute Gasteiger partial charge is 0.312 e. The van der Waals surface area contributed by atoms with Crippen LogP contribution in [-0.2, 0) is 0 Å². The number of nitrogens with one attached hydrogen (secondary N) is 1. The lowest BCUT2D eigenvalue weighted by Gasteiger charge is -2.35. The van der Waals surface area contributed by atoms with E-state index in [1.165, 1.54) is 13.1 Å². The molecule has 1 fully saturated rings. The van der Waals surface area contributed by atoms with E-state index in [2.05, 4.69) is 30.6 Å². The van der Waals surface area contributed by atoms with Gasteiger partial charge in [0.15, 0.2) is 0 Å². The maximum Gasteiger partial charge on any atom is 0.0167 e. The highest BCUT2D eigenvalue weighted by atomic mass is 15.2. The molecule has 0 aliphatic carbocycles. The van der Waals surface area contributed by atoms with Crippen LogP contribution >= 0.6 is 0 Å². The fourth-order valence-corrected chi connectivity index (χ4v) is 1.75. The standard InChI is InChI=1S/C10H20N2/c1-4-5-10(3)12-7-6-11-9(2)8-12/h4,9-11H,1,5-8H2,2-3H3. The Balaban J connectivity index is 2.34. The third-order valence-corrected chi connectivity index (χ3v) is 2.53. The van der Waals surface area contributed by atoms with Crippen molar-refractivity contribution in [2.24, 2.45) is 0 Å². The topological polar surface area (TPSA) is 15.3 Å². The maximum absolute atomic E-state index is 3.77. The molecule has 2 nitrogen and oxygen atoms in total. The molecule has 1 N–H and O–H groups in total. The molecule has 1 heterocycles. The zero-order valence-electron chi connectivity index (χ0n) is 8.21. The lowest BCUT2D eigenvalue weighted by molar-refractivity contribution is 0.159. The molecule has 2 atom stereocenters. The minimum absolute atomic E-state index is 0.644. The molecule has 0 radical (unpaired) electrons. The Morgan fingerprint density at radius 3 is 3.08 bits per heavy atom. The van der Waals surface area contributed by atoms with Gasteiger partial charge in [-0.15, -0.1) is 6.58 Å². The predicted octanol–water partition coefficient (Wildman–Crippen LogP) is 1.24. The Kier molecular flexibility index (Phi) is 3.76. The average Bonchev–Trinajstić information content (AvgIpc) is 2.05. The Hall–Kier alpha value is -0.340. The molecule has 0 aromatic carbocycles. The van der Waals surface area contributed by atoms with E-state index in [9.17, 15) is 0 Å². The first kappa shape index (κ1) is 9.75. The van der Waals surface area contributed by atoms with E-state index in [1.807, 2.05) is 6.08 Å². The zero-order valence-corrected chi connectivity index (χ0v) is 8.21. The summed E-state index contributed by atoms with van der Waals surface area (Å²) in [4.78, 5) is 2.53. The Morgan fingerprint density at radius 2 is 2.50 bits per heavy atom. The van der Waals surface area contributed by atoms with Crippen molar-refractivity contribution in [3.05, 3.63) is 12.7 Å². The number of hydrogen-bond donors (Lipinski definition) is 1. The number of hydrogen-bond acceptors (Lipinski definition) is 2. The summed E-state index contributed by atoms with van der Waals surface area (Å²) in [5.41, 5.74) is 0. The fraction of sp³-hybridized carbons (Fsp3) is 0.800. The highest BCUT2D eigenvalue weighted by molar-refractivity contribution is 4.82. The van der Waals surface area contributed by atoms with Crippen LogP contribution in [0.4, 0.5) is 0 Å². The summed E-state index contributed by atoms with van der Waals surface area (Å²) in [7, 11) is 0. The van der Waals surface area contributed by atoms with Gasteiger partial charge in [-0.05, 0) is 20.3 Å². The molecule has 1 rings (SSSR count). The van der Waals surface area contributed by atoms with Crippen LogP contribution < -0.4 is 5.32 Å². The summed E-state index contributed by atoms with van der Waals surface area (Å²) >= 11 is 0. The Labute approximate surface area is 75.6 Å². The van der Waals surface area contributed by atoms with E-state index >= 15 is 0 Å². The van der Waals surface area contributed by atoms with E-state index in [0.717, 1.165) is 13.0 Å². The van der Waals surface area contributed by atoms with E-state index in [4.69, 9.17) is 0 Å². The first-order chi connectivity index (χ1) is 5.74. The van der Waals surface area contributed by atoms with Crippen LogP contribution in [0.5, 0.6) is 0 Å². The van der Waals surface area contributed by atoms with Gasteiger partial charge in [-0.25, -0.2) is 0 Å². The van der Waals surface area contributed by atoms with Gasteiger partial charge in [0.2, 0.25) is 0 Å². The van der Waals surface area contributed by atoms with Crippen molar-refractivity contribution >= 4 is 0 Å². The molecule has 70 valence electrons. The molecular formula is C10H20N2. The second-order valence-electron chi connectivity index (χ2n) is 3.72. The smallest absolute Gasteiger partial charge is 0.0167 e. The monoisotopic (exact) mass is 168 g/mol. The van der Waals surface area contributed by atoms with Crippen molar-refractivity contribution in [1.82, 2.24) is 10.2 Å². The third kappa shape index (κ3) is 2.61. The molecule has 1 saturated heterocycles. The molecule has 1 aliphatic heterocycles. The van der Waals surface area contributed by atoms with Crippen LogP contribution in [-0.4, -0.2) is 36.6 Å². The molecule has 0 spiro atoms. The average molecular weight is 168 g/mol. The van der Waals surface area contributed by atoms with Crippen molar-refractivity contribution in [3.63, 3.8) is 0 Å². The molecule has 2 heteroatoms. The minimum atomic E-state index is 0.644. The second-order valence-corrected chi connectivity index (χ2v) is 3.72. The fourth-order valence-electron chi connectivity index (χ4n) is 1.75. The van der Waals surface area contributed by atoms with Crippen molar-refractivity contribution in [1.29, 1.82) is 0 Å². The maximum atomic E-state index is 3.77. The molecular weight excluding hydrogens is 148 g/mol. The molecule has 2 unspecified atom stereocenters. The van der Waals surface area contributed by atoms with Crippen LogP contribution in [0.1, 0.15) is 20.3 Å². The summed E-state index contributed by atoms with van der Waals surface area (Å²) < 4.78 is 0. The van der Waals surface area contributed by atoms with Crippen LogP contribution in [0.25, 0.3) is 0 Å². The van der Waals surface area contributed by atoms with E-state index in [0.29, 0.717) is 12.1 Å². The quantitative estimate of drug-likeness (QED) is 0.638. The van der Waals surface area contributed by atoms with Crippen LogP contribution in [0, 0.1) is 0 Å².